The highest BCUT2D eigenvalue weighted by molar-refractivity contribution is 6.31. The standard InChI is InChI=1S/C13H13ClN4O/c14-7-3-4-8-9(6-7)16-13(15)12-11(8)17-10(18-12)2-1-5-19/h3-4,6,19H,1-2,5H2,(H2,15,16)(H,17,18). The Balaban J connectivity index is 2.24. The summed E-state index contributed by atoms with van der Waals surface area (Å²) in [4.78, 5) is 12.0. The number of hydrogen-bond donors (Lipinski definition) is 3. The number of benzene rings is 1. The number of H-pyrrole nitrogens is 1. The van der Waals surface area contributed by atoms with E-state index >= 15 is 0 Å². The van der Waals surface area contributed by atoms with Crippen LogP contribution in [0, 0.1) is 0 Å². The SMILES string of the molecule is Nc1nc2cc(Cl)ccc2c2[nH]c(CCCO)nc12. The Kier molecular flexibility index (Phi) is 3.00. The second-order valence-electron chi connectivity index (χ2n) is 4.39. The number of nitrogen functional groups attached to an aromatic ring is 1. The predicted octanol–water partition coefficient (Wildman–Crippen LogP) is 2.27. The Bertz CT molecular complexity index is 753. The lowest BCUT2D eigenvalue weighted by Crippen LogP contribution is -1.93. The lowest BCUT2D eigenvalue weighted by molar-refractivity contribution is 0.287. The predicted molar refractivity (Wildman–Crippen MR) is 76.2 cm³/mol. The molecule has 0 radical (unpaired) electrons. The topological polar surface area (TPSA) is 87.8 Å². The van der Waals surface area contributed by atoms with Gasteiger partial charge in [0.2, 0.25) is 0 Å². The zero-order chi connectivity index (χ0) is 13.4. The minimum absolute atomic E-state index is 0.140. The maximum Gasteiger partial charge on any atom is 0.152 e. The van der Waals surface area contributed by atoms with E-state index in [0.717, 1.165) is 22.2 Å². The number of halogens is 1. The minimum atomic E-state index is 0.140. The normalized spacial score (nSPS) is 11.5. The van der Waals surface area contributed by atoms with E-state index in [4.69, 9.17) is 22.4 Å². The molecule has 0 aliphatic carbocycles. The van der Waals surface area contributed by atoms with Crippen LogP contribution in [-0.4, -0.2) is 26.7 Å². The number of aliphatic hydroxyl groups excluding tert-OH is 1. The summed E-state index contributed by atoms with van der Waals surface area (Å²) in [6, 6.07) is 5.50. The van der Waals surface area contributed by atoms with E-state index in [0.29, 0.717) is 29.2 Å². The maximum atomic E-state index is 8.87. The van der Waals surface area contributed by atoms with Gasteiger partial charge in [-0.25, -0.2) is 9.97 Å². The highest BCUT2D eigenvalue weighted by atomic mass is 35.5. The molecule has 98 valence electrons. The fourth-order valence-electron chi connectivity index (χ4n) is 2.16. The van der Waals surface area contributed by atoms with E-state index < -0.39 is 0 Å². The highest BCUT2D eigenvalue weighted by Gasteiger charge is 2.11. The summed E-state index contributed by atoms with van der Waals surface area (Å²) < 4.78 is 0. The molecule has 2 aromatic heterocycles. The average molecular weight is 277 g/mol. The molecule has 0 atom stereocenters. The summed E-state index contributed by atoms with van der Waals surface area (Å²) in [6.07, 6.45) is 1.34. The van der Waals surface area contributed by atoms with Crippen LogP contribution in [0.1, 0.15) is 12.2 Å². The van der Waals surface area contributed by atoms with Gasteiger partial charge in [0.25, 0.3) is 0 Å². The fourth-order valence-corrected chi connectivity index (χ4v) is 2.33. The molecule has 0 spiro atoms. The smallest absolute Gasteiger partial charge is 0.152 e. The summed E-state index contributed by atoms with van der Waals surface area (Å²) in [6.45, 7) is 0.140. The van der Waals surface area contributed by atoms with Crippen LogP contribution in [0.25, 0.3) is 21.9 Å². The van der Waals surface area contributed by atoms with Crippen molar-refractivity contribution < 1.29 is 5.11 Å². The van der Waals surface area contributed by atoms with Crippen LogP contribution in [-0.2, 0) is 6.42 Å². The monoisotopic (exact) mass is 276 g/mol. The molecule has 0 saturated carbocycles. The van der Waals surface area contributed by atoms with Crippen molar-refractivity contribution in [2.24, 2.45) is 0 Å². The Morgan fingerprint density at radius 3 is 2.95 bits per heavy atom. The van der Waals surface area contributed by atoms with Crippen LogP contribution in [0.15, 0.2) is 18.2 Å². The Morgan fingerprint density at radius 1 is 1.32 bits per heavy atom. The van der Waals surface area contributed by atoms with Crippen LogP contribution in [0.5, 0.6) is 0 Å². The number of imidazole rings is 1. The van der Waals surface area contributed by atoms with Crippen molar-refractivity contribution in [1.82, 2.24) is 15.0 Å². The quantitative estimate of drug-likeness (QED) is 0.685. The number of aromatic amines is 1. The molecule has 5 nitrogen and oxygen atoms in total. The minimum Gasteiger partial charge on any atom is -0.396 e. The van der Waals surface area contributed by atoms with E-state index in [1.807, 2.05) is 12.1 Å². The average Bonchev–Trinajstić information content (AvgIpc) is 2.81. The van der Waals surface area contributed by atoms with Crippen molar-refractivity contribution in [1.29, 1.82) is 0 Å². The molecule has 1 aromatic carbocycles. The van der Waals surface area contributed by atoms with E-state index in [9.17, 15) is 0 Å². The van der Waals surface area contributed by atoms with Gasteiger partial charge < -0.3 is 15.8 Å². The molecule has 0 aliphatic heterocycles. The first-order chi connectivity index (χ1) is 9.19. The number of pyridine rings is 1. The number of fused-ring (bicyclic) bond motifs is 3. The molecule has 3 rings (SSSR count). The molecule has 0 saturated heterocycles. The Hall–Kier alpha value is -1.85. The van der Waals surface area contributed by atoms with Gasteiger partial charge >= 0.3 is 0 Å². The van der Waals surface area contributed by atoms with Gasteiger partial charge in [0.1, 0.15) is 11.3 Å². The third-order valence-electron chi connectivity index (χ3n) is 3.04. The molecule has 19 heavy (non-hydrogen) atoms. The summed E-state index contributed by atoms with van der Waals surface area (Å²) in [5.74, 6) is 1.19. The third-order valence-corrected chi connectivity index (χ3v) is 3.27. The number of anilines is 1. The second-order valence-corrected chi connectivity index (χ2v) is 4.83. The van der Waals surface area contributed by atoms with Crippen LogP contribution < -0.4 is 5.73 Å². The number of nitrogens with two attached hydrogens (primary N) is 1. The van der Waals surface area contributed by atoms with Crippen molar-refractivity contribution >= 4 is 39.4 Å². The zero-order valence-electron chi connectivity index (χ0n) is 10.2. The molecule has 0 amide bonds. The van der Waals surface area contributed by atoms with Crippen molar-refractivity contribution in [3.63, 3.8) is 0 Å². The number of aliphatic hydroxyl groups is 1. The highest BCUT2D eigenvalue weighted by Crippen LogP contribution is 2.28. The lowest BCUT2D eigenvalue weighted by atomic mass is 10.2. The van der Waals surface area contributed by atoms with Gasteiger partial charge in [-0.05, 0) is 24.6 Å². The lowest BCUT2D eigenvalue weighted by Gasteiger charge is -2.01. The van der Waals surface area contributed by atoms with E-state index in [2.05, 4.69) is 15.0 Å². The maximum absolute atomic E-state index is 8.87. The zero-order valence-corrected chi connectivity index (χ0v) is 10.9. The van der Waals surface area contributed by atoms with Gasteiger partial charge in [-0.15, -0.1) is 0 Å². The first-order valence-electron chi connectivity index (χ1n) is 6.03. The largest absolute Gasteiger partial charge is 0.396 e. The molecule has 4 N–H and O–H groups in total. The number of hydrogen-bond acceptors (Lipinski definition) is 4. The molecule has 0 unspecified atom stereocenters. The third kappa shape index (κ3) is 2.11. The Morgan fingerprint density at radius 2 is 2.16 bits per heavy atom. The molecule has 3 aromatic rings. The number of nitrogens with one attached hydrogen (secondary N) is 1. The number of nitrogens with zero attached hydrogens (tertiary/aromatic N) is 2. The van der Waals surface area contributed by atoms with Gasteiger partial charge in [-0.3, -0.25) is 0 Å². The van der Waals surface area contributed by atoms with Gasteiger partial charge in [-0.1, -0.05) is 11.6 Å². The molecular formula is C13H13ClN4O. The first kappa shape index (κ1) is 12.2. The van der Waals surface area contributed by atoms with Gasteiger partial charge in [0, 0.05) is 23.4 Å². The fraction of sp³-hybridized carbons (Fsp3) is 0.231. The van der Waals surface area contributed by atoms with E-state index in [1.165, 1.54) is 0 Å². The van der Waals surface area contributed by atoms with Crippen LogP contribution in [0.3, 0.4) is 0 Å². The summed E-state index contributed by atoms with van der Waals surface area (Å²) >= 11 is 5.96. The molecule has 0 bridgehead atoms. The van der Waals surface area contributed by atoms with Gasteiger partial charge in [-0.2, -0.15) is 0 Å². The summed E-state index contributed by atoms with van der Waals surface area (Å²) in [5.41, 5.74) is 8.21. The van der Waals surface area contributed by atoms with Crippen molar-refractivity contribution in [3.05, 3.63) is 29.0 Å². The van der Waals surface area contributed by atoms with Crippen molar-refractivity contribution in [2.75, 3.05) is 12.3 Å². The molecule has 2 heterocycles. The van der Waals surface area contributed by atoms with E-state index in [-0.39, 0.29) is 6.61 Å². The van der Waals surface area contributed by atoms with Crippen molar-refractivity contribution in [3.8, 4) is 0 Å². The number of aromatic nitrogens is 3. The van der Waals surface area contributed by atoms with Gasteiger partial charge in [0.05, 0.1) is 11.0 Å². The molecule has 0 fully saturated rings. The second kappa shape index (κ2) is 4.68. The number of aryl methyl sites for hydroxylation is 1. The summed E-state index contributed by atoms with van der Waals surface area (Å²) in [5, 5.41) is 10.4. The first-order valence-corrected chi connectivity index (χ1v) is 6.41. The van der Waals surface area contributed by atoms with E-state index in [1.54, 1.807) is 6.07 Å². The van der Waals surface area contributed by atoms with Crippen LogP contribution in [0.2, 0.25) is 5.02 Å². The Labute approximate surface area is 114 Å². The number of rotatable bonds is 3. The van der Waals surface area contributed by atoms with Crippen LogP contribution >= 0.6 is 11.6 Å². The molecule has 0 aliphatic rings. The van der Waals surface area contributed by atoms with Crippen molar-refractivity contribution in [2.45, 2.75) is 12.8 Å². The summed E-state index contributed by atoms with van der Waals surface area (Å²) in [7, 11) is 0. The van der Waals surface area contributed by atoms with Crippen LogP contribution in [0.4, 0.5) is 5.82 Å². The molecule has 6 heteroatoms. The molecular weight excluding hydrogens is 264 g/mol. The van der Waals surface area contributed by atoms with Gasteiger partial charge in [0.15, 0.2) is 5.82 Å².